The molecule has 1 fully saturated rings. The molecular weight excluding hydrogens is 254 g/mol. The van der Waals surface area contributed by atoms with Gasteiger partial charge in [-0.2, -0.15) is 0 Å². The van der Waals surface area contributed by atoms with Crippen LogP contribution in [0, 0.1) is 5.92 Å². The standard InChI is InChI=1S/C12H19NO4S/c1-4-5-13-10(14)6-9(11(13)15)18-7-8(2)12(16)17-3/h8-9H,4-7H2,1-3H3. The van der Waals surface area contributed by atoms with Gasteiger partial charge in [0.1, 0.15) is 0 Å². The van der Waals surface area contributed by atoms with Gasteiger partial charge >= 0.3 is 5.97 Å². The van der Waals surface area contributed by atoms with E-state index in [-0.39, 0.29) is 35.4 Å². The number of ether oxygens (including phenoxy) is 1. The molecule has 1 aliphatic rings. The summed E-state index contributed by atoms with van der Waals surface area (Å²) in [5.41, 5.74) is 0. The zero-order valence-corrected chi connectivity index (χ0v) is 11.8. The van der Waals surface area contributed by atoms with E-state index < -0.39 is 0 Å². The average molecular weight is 273 g/mol. The van der Waals surface area contributed by atoms with Crippen LogP contribution in [0.2, 0.25) is 0 Å². The number of carbonyl (C=O) groups excluding carboxylic acids is 3. The Morgan fingerprint density at radius 3 is 2.78 bits per heavy atom. The zero-order valence-electron chi connectivity index (χ0n) is 11.0. The number of thioether (sulfide) groups is 1. The first kappa shape index (κ1) is 15.0. The highest BCUT2D eigenvalue weighted by molar-refractivity contribution is 8.00. The molecule has 1 saturated heterocycles. The van der Waals surface area contributed by atoms with E-state index in [1.165, 1.54) is 23.8 Å². The van der Waals surface area contributed by atoms with Gasteiger partial charge in [-0.05, 0) is 6.42 Å². The summed E-state index contributed by atoms with van der Waals surface area (Å²) in [6, 6.07) is 0. The van der Waals surface area contributed by atoms with Crippen molar-refractivity contribution in [1.29, 1.82) is 0 Å². The Hall–Kier alpha value is -1.04. The molecule has 2 amide bonds. The van der Waals surface area contributed by atoms with Crippen molar-refractivity contribution < 1.29 is 19.1 Å². The lowest BCUT2D eigenvalue weighted by atomic mass is 10.2. The van der Waals surface area contributed by atoms with Crippen LogP contribution in [0.1, 0.15) is 26.7 Å². The number of likely N-dealkylation sites (tertiary alicyclic amines) is 1. The Morgan fingerprint density at radius 1 is 1.56 bits per heavy atom. The molecule has 0 radical (unpaired) electrons. The molecule has 0 saturated carbocycles. The van der Waals surface area contributed by atoms with Crippen molar-refractivity contribution in [2.24, 2.45) is 5.92 Å². The number of esters is 1. The van der Waals surface area contributed by atoms with E-state index in [0.717, 1.165) is 6.42 Å². The second-order valence-electron chi connectivity index (χ2n) is 4.33. The molecule has 1 heterocycles. The second-order valence-corrected chi connectivity index (χ2v) is 5.57. The van der Waals surface area contributed by atoms with Crippen molar-refractivity contribution >= 4 is 29.5 Å². The zero-order chi connectivity index (χ0) is 13.7. The predicted molar refractivity (Wildman–Crippen MR) is 69.1 cm³/mol. The topological polar surface area (TPSA) is 63.7 Å². The molecule has 0 aromatic heterocycles. The first-order valence-corrected chi connectivity index (χ1v) is 7.09. The lowest BCUT2D eigenvalue weighted by Crippen LogP contribution is -2.32. The number of amides is 2. The van der Waals surface area contributed by atoms with Gasteiger partial charge in [-0.15, -0.1) is 11.8 Å². The van der Waals surface area contributed by atoms with Crippen molar-refractivity contribution in [3.8, 4) is 0 Å². The van der Waals surface area contributed by atoms with Crippen molar-refractivity contribution in [2.45, 2.75) is 31.9 Å². The quantitative estimate of drug-likeness (QED) is 0.535. The summed E-state index contributed by atoms with van der Waals surface area (Å²) in [5, 5.41) is -0.337. The summed E-state index contributed by atoms with van der Waals surface area (Å²) in [5.74, 6) is -0.280. The fraction of sp³-hybridized carbons (Fsp3) is 0.750. The molecule has 1 aliphatic heterocycles. The highest BCUT2D eigenvalue weighted by atomic mass is 32.2. The smallest absolute Gasteiger partial charge is 0.309 e. The molecule has 2 atom stereocenters. The van der Waals surface area contributed by atoms with Gasteiger partial charge in [-0.1, -0.05) is 13.8 Å². The Bertz CT molecular complexity index is 345. The van der Waals surface area contributed by atoms with Crippen molar-refractivity contribution in [1.82, 2.24) is 4.90 Å². The van der Waals surface area contributed by atoms with Gasteiger partial charge in [-0.3, -0.25) is 19.3 Å². The Kier molecular flexibility index (Phi) is 5.65. The van der Waals surface area contributed by atoms with Gasteiger partial charge < -0.3 is 4.74 Å². The number of imide groups is 1. The van der Waals surface area contributed by atoms with E-state index in [2.05, 4.69) is 4.74 Å². The third-order valence-electron chi connectivity index (χ3n) is 2.80. The minimum absolute atomic E-state index is 0.106. The summed E-state index contributed by atoms with van der Waals surface area (Å²) >= 11 is 1.36. The number of hydrogen-bond donors (Lipinski definition) is 0. The van der Waals surface area contributed by atoms with E-state index in [1.54, 1.807) is 6.92 Å². The second kappa shape index (κ2) is 6.78. The molecule has 0 aliphatic carbocycles. The van der Waals surface area contributed by atoms with Crippen molar-refractivity contribution in [3.05, 3.63) is 0 Å². The van der Waals surface area contributed by atoms with Gasteiger partial charge in [0.05, 0.1) is 18.3 Å². The normalized spacial score (nSPS) is 21.3. The van der Waals surface area contributed by atoms with Gasteiger partial charge in [-0.25, -0.2) is 0 Å². The molecule has 0 aromatic carbocycles. The summed E-state index contributed by atoms with van der Waals surface area (Å²) in [4.78, 5) is 36.1. The first-order chi connectivity index (χ1) is 8.51. The molecule has 18 heavy (non-hydrogen) atoms. The lowest BCUT2D eigenvalue weighted by Gasteiger charge is -2.14. The number of nitrogens with zero attached hydrogens (tertiary/aromatic N) is 1. The fourth-order valence-electron chi connectivity index (χ4n) is 1.77. The molecule has 102 valence electrons. The van der Waals surface area contributed by atoms with E-state index in [9.17, 15) is 14.4 Å². The van der Waals surface area contributed by atoms with Crippen LogP contribution in [-0.2, 0) is 19.1 Å². The van der Waals surface area contributed by atoms with Gasteiger partial charge in [0.25, 0.3) is 0 Å². The summed E-state index contributed by atoms with van der Waals surface area (Å²) in [7, 11) is 1.34. The van der Waals surface area contributed by atoms with Crippen LogP contribution in [0.15, 0.2) is 0 Å². The van der Waals surface area contributed by atoms with Crippen LogP contribution in [-0.4, -0.2) is 47.3 Å². The molecular formula is C12H19NO4S. The largest absolute Gasteiger partial charge is 0.469 e. The Balaban J connectivity index is 2.47. The molecule has 0 bridgehead atoms. The summed E-state index contributed by atoms with van der Waals surface area (Å²) < 4.78 is 4.62. The van der Waals surface area contributed by atoms with Crippen LogP contribution >= 0.6 is 11.8 Å². The summed E-state index contributed by atoms with van der Waals surface area (Å²) in [6.07, 6.45) is 1.02. The number of carbonyl (C=O) groups is 3. The minimum atomic E-state index is -0.337. The number of hydrogen-bond acceptors (Lipinski definition) is 5. The minimum Gasteiger partial charge on any atom is -0.469 e. The first-order valence-electron chi connectivity index (χ1n) is 6.04. The highest BCUT2D eigenvalue weighted by Crippen LogP contribution is 2.27. The fourth-order valence-corrected chi connectivity index (χ4v) is 2.96. The summed E-state index contributed by atoms with van der Waals surface area (Å²) in [6.45, 7) is 4.17. The SMILES string of the molecule is CCCN1C(=O)CC(SCC(C)C(=O)OC)C1=O. The third kappa shape index (κ3) is 3.48. The monoisotopic (exact) mass is 273 g/mol. The lowest BCUT2D eigenvalue weighted by molar-refractivity contribution is -0.144. The van der Waals surface area contributed by atoms with Crippen LogP contribution < -0.4 is 0 Å². The molecule has 2 unspecified atom stereocenters. The predicted octanol–water partition coefficient (Wildman–Crippen LogP) is 1.07. The Morgan fingerprint density at radius 2 is 2.22 bits per heavy atom. The van der Waals surface area contributed by atoms with Crippen LogP contribution in [0.5, 0.6) is 0 Å². The van der Waals surface area contributed by atoms with Gasteiger partial charge in [0, 0.05) is 18.7 Å². The van der Waals surface area contributed by atoms with Gasteiger partial charge in [0.2, 0.25) is 11.8 Å². The van der Waals surface area contributed by atoms with Crippen LogP contribution in [0.3, 0.4) is 0 Å². The maximum Gasteiger partial charge on any atom is 0.309 e. The molecule has 5 nitrogen and oxygen atoms in total. The van der Waals surface area contributed by atoms with Crippen LogP contribution in [0.25, 0.3) is 0 Å². The van der Waals surface area contributed by atoms with Crippen LogP contribution in [0.4, 0.5) is 0 Å². The maximum atomic E-state index is 11.9. The van der Waals surface area contributed by atoms with Crippen molar-refractivity contribution in [3.63, 3.8) is 0 Å². The Labute approximate surface area is 111 Å². The molecule has 1 rings (SSSR count). The van der Waals surface area contributed by atoms with E-state index in [4.69, 9.17) is 0 Å². The van der Waals surface area contributed by atoms with E-state index in [0.29, 0.717) is 12.3 Å². The molecule has 0 spiro atoms. The van der Waals surface area contributed by atoms with Crippen molar-refractivity contribution in [2.75, 3.05) is 19.4 Å². The van der Waals surface area contributed by atoms with Gasteiger partial charge in [0.15, 0.2) is 0 Å². The molecule has 0 N–H and O–H groups in total. The van der Waals surface area contributed by atoms with E-state index in [1.807, 2.05) is 6.92 Å². The van der Waals surface area contributed by atoms with E-state index >= 15 is 0 Å². The molecule has 0 aromatic rings. The number of rotatable bonds is 6. The number of methoxy groups -OCH3 is 1. The molecule has 6 heteroatoms. The maximum absolute atomic E-state index is 11.9. The average Bonchev–Trinajstić information content (AvgIpc) is 2.63. The highest BCUT2D eigenvalue weighted by Gasteiger charge is 2.38. The third-order valence-corrected chi connectivity index (χ3v) is 4.26.